The third kappa shape index (κ3) is 2.71. The van der Waals surface area contributed by atoms with Gasteiger partial charge in [-0.1, -0.05) is 23.0 Å². The fourth-order valence-corrected chi connectivity index (χ4v) is 4.78. The van der Waals surface area contributed by atoms with Crippen molar-refractivity contribution in [1.29, 1.82) is 0 Å². The van der Waals surface area contributed by atoms with Gasteiger partial charge in [-0.3, -0.25) is 14.2 Å². The van der Waals surface area contributed by atoms with Crippen LogP contribution < -0.4 is 24.7 Å². The molecule has 0 radical (unpaired) electrons. The number of hydrogen-bond donors (Lipinski definition) is 0. The summed E-state index contributed by atoms with van der Waals surface area (Å²) in [6.07, 6.45) is 0. The summed E-state index contributed by atoms with van der Waals surface area (Å²) in [6, 6.07) is 11.9. The zero-order valence-electron chi connectivity index (χ0n) is 15.8. The van der Waals surface area contributed by atoms with E-state index in [0.717, 1.165) is 22.5 Å². The monoisotopic (exact) mass is 408 g/mol. The SMILES string of the molecule is Cc1ccc2c(c1)/C(=c1/sc3n(c1=O)CN(c1ccc(F)cc1)CN=3)C(=O)N2C. The summed E-state index contributed by atoms with van der Waals surface area (Å²) in [5.74, 6) is -0.495. The lowest BCUT2D eigenvalue weighted by atomic mass is 10.1. The van der Waals surface area contributed by atoms with Gasteiger partial charge in [0, 0.05) is 18.3 Å². The van der Waals surface area contributed by atoms with Crippen LogP contribution >= 0.6 is 11.3 Å². The molecule has 1 aromatic heterocycles. The number of nitrogens with zero attached hydrogens (tertiary/aromatic N) is 4. The van der Waals surface area contributed by atoms with Crippen LogP contribution in [0.15, 0.2) is 52.3 Å². The van der Waals surface area contributed by atoms with E-state index in [-0.39, 0.29) is 17.3 Å². The molecule has 3 heterocycles. The number of fused-ring (bicyclic) bond motifs is 2. The van der Waals surface area contributed by atoms with E-state index in [1.54, 1.807) is 28.6 Å². The molecule has 0 fully saturated rings. The van der Waals surface area contributed by atoms with E-state index in [4.69, 9.17) is 0 Å². The summed E-state index contributed by atoms with van der Waals surface area (Å²) in [6.45, 7) is 2.63. The normalized spacial score (nSPS) is 17.3. The second-order valence-corrected chi connectivity index (χ2v) is 8.14. The average molecular weight is 408 g/mol. The molecule has 2 aromatic carbocycles. The summed E-state index contributed by atoms with van der Waals surface area (Å²) in [7, 11) is 1.72. The number of carbonyl (C=O) groups is 1. The summed E-state index contributed by atoms with van der Waals surface area (Å²) >= 11 is 1.25. The van der Waals surface area contributed by atoms with E-state index in [0.29, 0.717) is 28.2 Å². The number of aryl methyl sites for hydroxylation is 1. The van der Waals surface area contributed by atoms with Gasteiger partial charge in [0.05, 0.1) is 11.3 Å². The van der Waals surface area contributed by atoms with Crippen LogP contribution in [0.1, 0.15) is 11.1 Å². The average Bonchev–Trinajstić information content (AvgIpc) is 3.16. The van der Waals surface area contributed by atoms with Gasteiger partial charge in [0.15, 0.2) is 4.80 Å². The Labute approximate surface area is 169 Å². The Hall–Kier alpha value is -3.26. The number of carbonyl (C=O) groups excluding carboxylic acids is 1. The van der Waals surface area contributed by atoms with Crippen LogP contribution in [0.4, 0.5) is 15.8 Å². The van der Waals surface area contributed by atoms with Crippen LogP contribution in [0.25, 0.3) is 5.57 Å². The van der Waals surface area contributed by atoms with Gasteiger partial charge in [-0.2, -0.15) is 0 Å². The van der Waals surface area contributed by atoms with E-state index < -0.39 is 0 Å². The minimum Gasteiger partial charge on any atom is -0.334 e. The maximum Gasteiger partial charge on any atom is 0.272 e. The molecule has 146 valence electrons. The Morgan fingerprint density at radius 3 is 2.62 bits per heavy atom. The van der Waals surface area contributed by atoms with Crippen molar-refractivity contribution in [2.45, 2.75) is 13.6 Å². The van der Waals surface area contributed by atoms with Gasteiger partial charge < -0.3 is 9.80 Å². The van der Waals surface area contributed by atoms with Gasteiger partial charge in [0.25, 0.3) is 11.5 Å². The highest BCUT2D eigenvalue weighted by molar-refractivity contribution is 7.07. The van der Waals surface area contributed by atoms with Crippen LogP contribution in [-0.2, 0) is 11.5 Å². The van der Waals surface area contributed by atoms with Crippen molar-refractivity contribution in [3.8, 4) is 0 Å². The van der Waals surface area contributed by atoms with Gasteiger partial charge in [0.1, 0.15) is 23.7 Å². The number of benzene rings is 2. The topological polar surface area (TPSA) is 57.9 Å². The van der Waals surface area contributed by atoms with Crippen LogP contribution in [0, 0.1) is 12.7 Å². The summed E-state index contributed by atoms with van der Waals surface area (Å²) in [5.41, 5.74) is 3.60. The highest BCUT2D eigenvalue weighted by Crippen LogP contribution is 2.34. The van der Waals surface area contributed by atoms with Crippen molar-refractivity contribution in [3.05, 3.63) is 79.1 Å². The number of hydrogen-bond acceptors (Lipinski definition) is 5. The molecule has 8 heteroatoms. The lowest BCUT2D eigenvalue weighted by molar-refractivity contribution is -0.112. The Balaban J connectivity index is 1.67. The molecule has 0 aliphatic carbocycles. The molecular weight excluding hydrogens is 391 g/mol. The molecule has 1 amide bonds. The molecule has 2 aliphatic rings. The molecule has 0 saturated carbocycles. The lowest BCUT2D eigenvalue weighted by Gasteiger charge is -2.25. The number of thiazole rings is 1. The lowest BCUT2D eigenvalue weighted by Crippen LogP contribution is -2.43. The third-order valence-corrected chi connectivity index (χ3v) is 6.39. The Morgan fingerprint density at radius 1 is 1.10 bits per heavy atom. The summed E-state index contributed by atoms with van der Waals surface area (Å²) in [4.78, 5) is 34.7. The largest absolute Gasteiger partial charge is 0.334 e. The highest BCUT2D eigenvalue weighted by atomic mass is 32.1. The molecule has 29 heavy (non-hydrogen) atoms. The summed E-state index contributed by atoms with van der Waals surface area (Å²) in [5, 5.41) is 0. The van der Waals surface area contributed by atoms with Gasteiger partial charge in [0.2, 0.25) is 0 Å². The molecule has 0 spiro atoms. The number of aromatic nitrogens is 1. The van der Waals surface area contributed by atoms with E-state index >= 15 is 0 Å². The molecule has 6 nitrogen and oxygen atoms in total. The van der Waals surface area contributed by atoms with Crippen molar-refractivity contribution in [2.24, 2.45) is 4.99 Å². The van der Waals surface area contributed by atoms with Crippen LogP contribution in [0.3, 0.4) is 0 Å². The smallest absolute Gasteiger partial charge is 0.272 e. The molecule has 5 rings (SSSR count). The maximum atomic E-state index is 13.2. The molecular formula is C21H17FN4O2S. The first-order valence-corrected chi connectivity index (χ1v) is 9.94. The molecule has 0 saturated heterocycles. The van der Waals surface area contributed by atoms with Crippen LogP contribution in [0.2, 0.25) is 0 Å². The van der Waals surface area contributed by atoms with Gasteiger partial charge in [-0.25, -0.2) is 9.38 Å². The van der Waals surface area contributed by atoms with Crippen molar-refractivity contribution in [2.75, 3.05) is 23.5 Å². The molecule has 0 bridgehead atoms. The Kier molecular flexibility index (Phi) is 3.92. The minimum absolute atomic E-state index is 0.183. The van der Waals surface area contributed by atoms with Crippen LogP contribution in [-0.4, -0.2) is 24.2 Å². The van der Waals surface area contributed by atoms with E-state index in [1.807, 2.05) is 30.0 Å². The third-order valence-electron chi connectivity index (χ3n) is 5.27. The zero-order chi connectivity index (χ0) is 20.3. The first-order chi connectivity index (χ1) is 13.9. The fraction of sp³-hybridized carbons (Fsp3) is 0.190. The minimum atomic E-state index is -0.312. The quantitative estimate of drug-likeness (QED) is 0.615. The number of rotatable bonds is 1. The van der Waals surface area contributed by atoms with Crippen molar-refractivity contribution < 1.29 is 9.18 Å². The molecule has 3 aromatic rings. The number of likely N-dealkylation sites (N-methyl/N-ethyl adjacent to an activating group) is 1. The fourth-order valence-electron chi connectivity index (χ4n) is 3.73. The van der Waals surface area contributed by atoms with Gasteiger partial charge >= 0.3 is 0 Å². The first kappa shape index (κ1) is 17.8. The summed E-state index contributed by atoms with van der Waals surface area (Å²) < 4.78 is 15.2. The van der Waals surface area contributed by atoms with E-state index in [1.165, 1.54) is 23.5 Å². The Morgan fingerprint density at radius 2 is 1.86 bits per heavy atom. The van der Waals surface area contributed by atoms with Crippen molar-refractivity contribution in [3.63, 3.8) is 0 Å². The number of halogens is 1. The van der Waals surface area contributed by atoms with Crippen molar-refractivity contribution >= 4 is 34.2 Å². The predicted molar refractivity (Wildman–Crippen MR) is 110 cm³/mol. The molecule has 0 atom stereocenters. The molecule has 0 N–H and O–H groups in total. The molecule has 2 aliphatic heterocycles. The van der Waals surface area contributed by atoms with Crippen LogP contribution in [0.5, 0.6) is 0 Å². The second-order valence-electron chi connectivity index (χ2n) is 7.16. The van der Waals surface area contributed by atoms with E-state index in [9.17, 15) is 14.0 Å². The predicted octanol–water partition coefficient (Wildman–Crippen LogP) is 1.59. The van der Waals surface area contributed by atoms with Crippen molar-refractivity contribution in [1.82, 2.24) is 4.57 Å². The van der Waals surface area contributed by atoms with E-state index in [2.05, 4.69) is 4.99 Å². The standard InChI is InChI=1S/C21H17FN4O2S/c1-12-3-8-16-15(9-12)17(19(27)24(16)2)18-20(28)26-11-25(10-23-21(26)29-18)14-6-4-13(22)5-7-14/h3-9H,10-11H2,1-2H3/b18-17-. The zero-order valence-corrected chi connectivity index (χ0v) is 16.7. The second kappa shape index (κ2) is 6.38. The van der Waals surface area contributed by atoms with Gasteiger partial charge in [-0.05, 0) is 43.3 Å². The first-order valence-electron chi connectivity index (χ1n) is 9.12. The number of anilines is 2. The maximum absolute atomic E-state index is 13.2. The highest BCUT2D eigenvalue weighted by Gasteiger charge is 2.32. The van der Waals surface area contributed by atoms with Gasteiger partial charge in [-0.15, -0.1) is 0 Å². The number of amides is 1. The Bertz CT molecular complexity index is 1340. The molecule has 0 unspecified atom stereocenters.